The smallest absolute Gasteiger partial charge is 0.416 e. The second kappa shape index (κ2) is 6.40. The van der Waals surface area contributed by atoms with Gasteiger partial charge in [-0.1, -0.05) is 18.9 Å². The topological polar surface area (TPSA) is 55.1 Å². The number of alkyl halides is 3. The minimum Gasteiger partial charge on any atom is -0.478 e. The van der Waals surface area contributed by atoms with Crippen molar-refractivity contribution in [2.24, 2.45) is 0 Å². The van der Waals surface area contributed by atoms with Gasteiger partial charge < -0.3 is 5.11 Å². The molecule has 1 aliphatic carbocycles. The van der Waals surface area contributed by atoms with Gasteiger partial charge in [-0.05, 0) is 49.2 Å². The molecule has 140 valence electrons. The Labute approximate surface area is 153 Å². The summed E-state index contributed by atoms with van der Waals surface area (Å²) in [5.41, 5.74) is 0.800. The van der Waals surface area contributed by atoms with Gasteiger partial charge in [-0.2, -0.15) is 13.2 Å². The summed E-state index contributed by atoms with van der Waals surface area (Å²) >= 11 is 0. The summed E-state index contributed by atoms with van der Waals surface area (Å²) in [4.78, 5) is 15.9. The number of halogens is 3. The average Bonchev–Trinajstić information content (AvgIpc) is 3.27. The SMILES string of the molecule is O=C(O)c1cccc(-n2c(C3CCCC3)nc3cc(C(F)(F)F)ccc32)c1. The quantitative estimate of drug-likeness (QED) is 0.668. The van der Waals surface area contributed by atoms with E-state index in [9.17, 15) is 23.1 Å². The van der Waals surface area contributed by atoms with E-state index < -0.39 is 17.7 Å². The summed E-state index contributed by atoms with van der Waals surface area (Å²) in [6.45, 7) is 0. The lowest BCUT2D eigenvalue weighted by atomic mass is 10.1. The molecule has 0 spiro atoms. The van der Waals surface area contributed by atoms with Crippen LogP contribution < -0.4 is 0 Å². The highest BCUT2D eigenvalue weighted by Crippen LogP contribution is 2.38. The van der Waals surface area contributed by atoms with Crippen LogP contribution >= 0.6 is 0 Å². The fourth-order valence-electron chi connectivity index (χ4n) is 3.78. The van der Waals surface area contributed by atoms with Crippen LogP contribution in [0, 0.1) is 0 Å². The standard InChI is InChI=1S/C20H17F3N2O2/c21-20(22,23)14-8-9-17-16(11-14)24-18(12-4-1-2-5-12)25(17)15-7-3-6-13(10-15)19(26)27/h3,6-12H,1-2,4-5H2,(H,26,27). The molecular formula is C20H17F3N2O2. The Morgan fingerprint density at radius 2 is 1.85 bits per heavy atom. The van der Waals surface area contributed by atoms with E-state index in [-0.39, 0.29) is 17.0 Å². The number of aromatic nitrogens is 2. The van der Waals surface area contributed by atoms with Crippen LogP contribution in [0.5, 0.6) is 0 Å². The molecule has 0 amide bonds. The van der Waals surface area contributed by atoms with Crippen LogP contribution in [-0.4, -0.2) is 20.6 Å². The van der Waals surface area contributed by atoms with E-state index in [4.69, 9.17) is 0 Å². The van der Waals surface area contributed by atoms with Gasteiger partial charge in [0.2, 0.25) is 0 Å². The highest BCUT2D eigenvalue weighted by molar-refractivity contribution is 5.88. The number of rotatable bonds is 3. The maximum atomic E-state index is 13.1. The molecule has 1 fully saturated rings. The van der Waals surface area contributed by atoms with Crippen molar-refractivity contribution in [1.82, 2.24) is 9.55 Å². The third kappa shape index (κ3) is 3.18. The minimum absolute atomic E-state index is 0.124. The highest BCUT2D eigenvalue weighted by Gasteiger charge is 2.32. The zero-order valence-corrected chi connectivity index (χ0v) is 14.3. The molecule has 4 rings (SSSR count). The number of carboxylic acids is 1. The number of nitrogens with zero attached hydrogens (tertiary/aromatic N) is 2. The molecule has 1 aromatic heterocycles. The number of aromatic carboxylic acids is 1. The second-order valence-electron chi connectivity index (χ2n) is 6.84. The molecule has 7 heteroatoms. The summed E-state index contributed by atoms with van der Waals surface area (Å²) in [7, 11) is 0. The lowest BCUT2D eigenvalue weighted by Crippen LogP contribution is -2.07. The first-order valence-electron chi connectivity index (χ1n) is 8.78. The van der Waals surface area contributed by atoms with Crippen LogP contribution in [0.3, 0.4) is 0 Å². The minimum atomic E-state index is -4.44. The van der Waals surface area contributed by atoms with Crippen LogP contribution in [0.2, 0.25) is 0 Å². The zero-order valence-electron chi connectivity index (χ0n) is 14.3. The van der Waals surface area contributed by atoms with E-state index >= 15 is 0 Å². The first kappa shape index (κ1) is 17.6. The molecule has 0 bridgehead atoms. The average molecular weight is 374 g/mol. The normalized spacial score (nSPS) is 15.5. The van der Waals surface area contributed by atoms with Crippen LogP contribution in [0.25, 0.3) is 16.7 Å². The van der Waals surface area contributed by atoms with Crippen molar-refractivity contribution in [3.8, 4) is 5.69 Å². The van der Waals surface area contributed by atoms with E-state index in [0.29, 0.717) is 17.0 Å². The fraction of sp³-hybridized carbons (Fsp3) is 0.300. The summed E-state index contributed by atoms with van der Waals surface area (Å²) in [6, 6.07) is 9.92. The fourth-order valence-corrected chi connectivity index (χ4v) is 3.78. The maximum absolute atomic E-state index is 13.1. The van der Waals surface area contributed by atoms with E-state index in [1.807, 2.05) is 0 Å². The lowest BCUT2D eigenvalue weighted by Gasteiger charge is -2.14. The molecule has 1 saturated carbocycles. The molecule has 0 saturated heterocycles. The maximum Gasteiger partial charge on any atom is 0.416 e. The Bertz CT molecular complexity index is 1020. The number of imidazole rings is 1. The van der Waals surface area contributed by atoms with Gasteiger partial charge in [0.1, 0.15) is 5.82 Å². The van der Waals surface area contributed by atoms with Gasteiger partial charge in [0.05, 0.1) is 22.2 Å². The van der Waals surface area contributed by atoms with Gasteiger partial charge in [0.15, 0.2) is 0 Å². The Morgan fingerprint density at radius 3 is 2.52 bits per heavy atom. The van der Waals surface area contributed by atoms with Crippen molar-refractivity contribution >= 4 is 17.0 Å². The zero-order chi connectivity index (χ0) is 19.2. The van der Waals surface area contributed by atoms with Crippen LogP contribution in [-0.2, 0) is 6.18 Å². The van der Waals surface area contributed by atoms with Crippen molar-refractivity contribution < 1.29 is 23.1 Å². The Morgan fingerprint density at radius 1 is 1.11 bits per heavy atom. The van der Waals surface area contributed by atoms with Crippen molar-refractivity contribution in [2.75, 3.05) is 0 Å². The molecule has 0 radical (unpaired) electrons. The van der Waals surface area contributed by atoms with Crippen molar-refractivity contribution in [2.45, 2.75) is 37.8 Å². The predicted molar refractivity (Wildman–Crippen MR) is 94.2 cm³/mol. The number of hydrogen-bond donors (Lipinski definition) is 1. The third-order valence-electron chi connectivity index (χ3n) is 5.08. The van der Waals surface area contributed by atoms with Crippen molar-refractivity contribution in [1.29, 1.82) is 0 Å². The summed E-state index contributed by atoms with van der Waals surface area (Å²) in [6.07, 6.45) is -0.482. The van der Waals surface area contributed by atoms with Gasteiger partial charge >= 0.3 is 12.1 Å². The summed E-state index contributed by atoms with van der Waals surface area (Å²) < 4.78 is 41.1. The van der Waals surface area contributed by atoms with Gasteiger partial charge in [0, 0.05) is 11.6 Å². The Balaban J connectivity index is 1.95. The molecule has 3 aromatic rings. The third-order valence-corrected chi connectivity index (χ3v) is 5.08. The first-order valence-corrected chi connectivity index (χ1v) is 8.78. The number of benzene rings is 2. The van der Waals surface area contributed by atoms with E-state index in [0.717, 1.165) is 37.8 Å². The number of fused-ring (bicyclic) bond motifs is 1. The Hall–Kier alpha value is -2.83. The summed E-state index contributed by atoms with van der Waals surface area (Å²) in [5.74, 6) is -0.201. The summed E-state index contributed by atoms with van der Waals surface area (Å²) in [5, 5.41) is 9.28. The van der Waals surface area contributed by atoms with Gasteiger partial charge in [-0.25, -0.2) is 9.78 Å². The number of hydrogen-bond acceptors (Lipinski definition) is 2. The molecule has 0 unspecified atom stereocenters. The van der Waals surface area contributed by atoms with Crippen LogP contribution in [0.15, 0.2) is 42.5 Å². The van der Waals surface area contributed by atoms with E-state index in [2.05, 4.69) is 4.98 Å². The Kier molecular flexibility index (Phi) is 4.17. The van der Waals surface area contributed by atoms with E-state index in [1.165, 1.54) is 18.2 Å². The molecule has 1 heterocycles. The molecule has 27 heavy (non-hydrogen) atoms. The highest BCUT2D eigenvalue weighted by atomic mass is 19.4. The van der Waals surface area contributed by atoms with Gasteiger partial charge in [-0.15, -0.1) is 0 Å². The second-order valence-corrected chi connectivity index (χ2v) is 6.84. The van der Waals surface area contributed by atoms with Gasteiger partial charge in [0.25, 0.3) is 0 Å². The largest absolute Gasteiger partial charge is 0.478 e. The van der Waals surface area contributed by atoms with Crippen LogP contribution in [0.4, 0.5) is 13.2 Å². The molecule has 0 atom stereocenters. The molecular weight excluding hydrogens is 357 g/mol. The lowest BCUT2D eigenvalue weighted by molar-refractivity contribution is -0.137. The first-order chi connectivity index (χ1) is 12.8. The van der Waals surface area contributed by atoms with E-state index in [1.54, 1.807) is 16.7 Å². The molecule has 2 aromatic carbocycles. The number of carbonyl (C=O) groups is 1. The van der Waals surface area contributed by atoms with Crippen molar-refractivity contribution in [3.05, 3.63) is 59.4 Å². The number of carboxylic acid groups (broad SMARTS) is 1. The van der Waals surface area contributed by atoms with Crippen molar-refractivity contribution in [3.63, 3.8) is 0 Å². The predicted octanol–water partition coefficient (Wildman–Crippen LogP) is 5.40. The molecule has 1 aliphatic rings. The molecule has 4 nitrogen and oxygen atoms in total. The molecule has 1 N–H and O–H groups in total. The van der Waals surface area contributed by atoms with Crippen LogP contribution in [0.1, 0.15) is 53.3 Å². The van der Waals surface area contributed by atoms with Gasteiger partial charge in [-0.3, -0.25) is 4.57 Å². The molecule has 0 aliphatic heterocycles. The monoisotopic (exact) mass is 374 g/mol.